The van der Waals surface area contributed by atoms with Gasteiger partial charge in [0.1, 0.15) is 5.82 Å². The van der Waals surface area contributed by atoms with Gasteiger partial charge in [0.05, 0.1) is 12.1 Å². The molecule has 0 aliphatic heterocycles. The standard InChI is InChI=1S/C18H16FNO/c1-2-13-5-3-6-14-9-10-20(18(13)14)12-17(21)15-7-4-8-16(19)11-15/h3-11H,2,12H2,1H3. The van der Waals surface area contributed by atoms with Crippen molar-refractivity contribution in [3.05, 3.63) is 71.7 Å². The maximum absolute atomic E-state index is 13.2. The molecule has 0 saturated carbocycles. The van der Waals surface area contributed by atoms with Gasteiger partial charge in [-0.2, -0.15) is 0 Å². The molecule has 2 nitrogen and oxygen atoms in total. The van der Waals surface area contributed by atoms with Gasteiger partial charge in [-0.05, 0) is 35.6 Å². The van der Waals surface area contributed by atoms with Crippen LogP contribution >= 0.6 is 0 Å². The molecule has 21 heavy (non-hydrogen) atoms. The Labute approximate surface area is 122 Å². The van der Waals surface area contributed by atoms with Crippen LogP contribution in [0.2, 0.25) is 0 Å². The van der Waals surface area contributed by atoms with Crippen molar-refractivity contribution in [2.45, 2.75) is 19.9 Å². The van der Waals surface area contributed by atoms with Crippen molar-refractivity contribution in [2.24, 2.45) is 0 Å². The lowest BCUT2D eigenvalue weighted by Gasteiger charge is -2.08. The Balaban J connectivity index is 1.97. The third kappa shape index (κ3) is 2.59. The summed E-state index contributed by atoms with van der Waals surface area (Å²) in [6.07, 6.45) is 2.83. The van der Waals surface area contributed by atoms with Gasteiger partial charge in [0.2, 0.25) is 0 Å². The molecule has 3 heteroatoms. The Kier molecular flexibility index (Phi) is 3.57. The van der Waals surface area contributed by atoms with Crippen molar-refractivity contribution in [1.29, 1.82) is 0 Å². The van der Waals surface area contributed by atoms with Gasteiger partial charge in [0, 0.05) is 11.8 Å². The molecule has 3 aromatic rings. The largest absolute Gasteiger partial charge is 0.339 e. The van der Waals surface area contributed by atoms with Gasteiger partial charge in [-0.3, -0.25) is 4.79 Å². The number of carbonyl (C=O) groups is 1. The highest BCUT2D eigenvalue weighted by Gasteiger charge is 2.11. The minimum absolute atomic E-state index is 0.0853. The minimum atomic E-state index is -0.382. The maximum Gasteiger partial charge on any atom is 0.182 e. The highest BCUT2D eigenvalue weighted by atomic mass is 19.1. The average molecular weight is 281 g/mol. The summed E-state index contributed by atoms with van der Waals surface area (Å²) in [5.41, 5.74) is 2.71. The lowest BCUT2D eigenvalue weighted by molar-refractivity contribution is 0.0973. The summed E-state index contributed by atoms with van der Waals surface area (Å²) >= 11 is 0. The molecule has 0 radical (unpaired) electrons. The number of aryl methyl sites for hydroxylation is 1. The van der Waals surface area contributed by atoms with Crippen LogP contribution in [0.3, 0.4) is 0 Å². The zero-order valence-electron chi connectivity index (χ0n) is 11.8. The predicted octanol–water partition coefficient (Wildman–Crippen LogP) is 4.23. The summed E-state index contributed by atoms with van der Waals surface area (Å²) in [6, 6.07) is 14.0. The molecular weight excluding hydrogens is 265 g/mol. The SMILES string of the molecule is CCc1cccc2ccn(CC(=O)c3cccc(F)c3)c12. The van der Waals surface area contributed by atoms with E-state index in [-0.39, 0.29) is 18.1 Å². The van der Waals surface area contributed by atoms with Crippen molar-refractivity contribution in [3.63, 3.8) is 0 Å². The zero-order chi connectivity index (χ0) is 14.8. The molecule has 0 unspecified atom stereocenters. The second kappa shape index (κ2) is 5.52. The molecule has 2 aromatic carbocycles. The third-order valence-electron chi connectivity index (χ3n) is 3.71. The predicted molar refractivity (Wildman–Crippen MR) is 82.0 cm³/mol. The Bertz CT molecular complexity index is 804. The molecule has 0 aliphatic carbocycles. The van der Waals surface area contributed by atoms with Crippen LogP contribution in [-0.2, 0) is 13.0 Å². The first-order valence-electron chi connectivity index (χ1n) is 7.04. The summed E-state index contributed by atoms with van der Waals surface area (Å²) in [7, 11) is 0. The van der Waals surface area contributed by atoms with Gasteiger partial charge in [-0.15, -0.1) is 0 Å². The van der Waals surface area contributed by atoms with E-state index in [1.165, 1.54) is 17.7 Å². The van der Waals surface area contributed by atoms with E-state index in [1.807, 2.05) is 29.0 Å². The van der Waals surface area contributed by atoms with Crippen molar-refractivity contribution in [1.82, 2.24) is 4.57 Å². The molecule has 1 heterocycles. The number of halogens is 1. The van der Waals surface area contributed by atoms with Gasteiger partial charge < -0.3 is 4.57 Å². The monoisotopic (exact) mass is 281 g/mol. The number of hydrogen-bond donors (Lipinski definition) is 0. The van der Waals surface area contributed by atoms with Gasteiger partial charge >= 0.3 is 0 Å². The number of fused-ring (bicyclic) bond motifs is 1. The molecule has 0 N–H and O–H groups in total. The highest BCUT2D eigenvalue weighted by molar-refractivity contribution is 5.97. The van der Waals surface area contributed by atoms with Gasteiger partial charge in [-0.1, -0.05) is 37.3 Å². The number of ketones is 1. The number of aromatic nitrogens is 1. The molecule has 0 spiro atoms. The summed E-state index contributed by atoms with van der Waals surface area (Å²) in [5, 5.41) is 1.13. The lowest BCUT2D eigenvalue weighted by Crippen LogP contribution is -2.10. The molecule has 0 amide bonds. The first kappa shape index (κ1) is 13.6. The summed E-state index contributed by atoms with van der Waals surface area (Å²) in [6.45, 7) is 2.32. The minimum Gasteiger partial charge on any atom is -0.339 e. The van der Waals surface area contributed by atoms with E-state index < -0.39 is 0 Å². The van der Waals surface area contributed by atoms with Crippen LogP contribution in [-0.4, -0.2) is 10.4 Å². The molecular formula is C18H16FNO. The molecule has 1 aromatic heterocycles. The van der Waals surface area contributed by atoms with E-state index in [0.717, 1.165) is 17.3 Å². The lowest BCUT2D eigenvalue weighted by atomic mass is 10.1. The van der Waals surface area contributed by atoms with Crippen LogP contribution in [0.15, 0.2) is 54.7 Å². The third-order valence-corrected chi connectivity index (χ3v) is 3.71. The average Bonchev–Trinajstić information content (AvgIpc) is 2.90. The van der Waals surface area contributed by atoms with E-state index in [1.54, 1.807) is 12.1 Å². The highest BCUT2D eigenvalue weighted by Crippen LogP contribution is 2.21. The number of para-hydroxylation sites is 1. The van der Waals surface area contributed by atoms with Gasteiger partial charge in [-0.25, -0.2) is 4.39 Å². The van der Waals surface area contributed by atoms with Crippen molar-refractivity contribution in [2.75, 3.05) is 0 Å². The fourth-order valence-corrected chi connectivity index (χ4v) is 2.67. The molecule has 0 saturated heterocycles. The number of rotatable bonds is 4. The van der Waals surface area contributed by atoms with E-state index >= 15 is 0 Å². The van der Waals surface area contributed by atoms with Crippen molar-refractivity contribution < 1.29 is 9.18 Å². The molecule has 0 fully saturated rings. The second-order valence-corrected chi connectivity index (χ2v) is 5.09. The van der Waals surface area contributed by atoms with Gasteiger partial charge in [0.25, 0.3) is 0 Å². The van der Waals surface area contributed by atoms with E-state index in [9.17, 15) is 9.18 Å². The number of benzene rings is 2. The molecule has 106 valence electrons. The number of Topliss-reactive ketones (excluding diaryl/α,β-unsaturated/α-hetero) is 1. The topological polar surface area (TPSA) is 22.0 Å². The second-order valence-electron chi connectivity index (χ2n) is 5.09. The molecule has 3 rings (SSSR count). The molecule has 0 atom stereocenters. The van der Waals surface area contributed by atoms with E-state index in [0.29, 0.717) is 5.56 Å². The van der Waals surface area contributed by atoms with Crippen LogP contribution < -0.4 is 0 Å². The van der Waals surface area contributed by atoms with E-state index in [2.05, 4.69) is 13.0 Å². The Hall–Kier alpha value is -2.42. The molecule has 0 aliphatic rings. The van der Waals surface area contributed by atoms with Crippen molar-refractivity contribution >= 4 is 16.7 Å². The van der Waals surface area contributed by atoms with E-state index in [4.69, 9.17) is 0 Å². The normalized spacial score (nSPS) is 11.0. The van der Waals surface area contributed by atoms with Crippen LogP contribution in [0.1, 0.15) is 22.8 Å². The fraction of sp³-hybridized carbons (Fsp3) is 0.167. The summed E-state index contributed by atoms with van der Waals surface area (Å²) in [4.78, 5) is 12.3. The smallest absolute Gasteiger partial charge is 0.182 e. The first-order valence-corrected chi connectivity index (χ1v) is 7.04. The first-order chi connectivity index (χ1) is 10.2. The Morgan fingerprint density at radius 1 is 1.14 bits per heavy atom. The number of nitrogens with zero attached hydrogens (tertiary/aromatic N) is 1. The summed E-state index contributed by atoms with van der Waals surface area (Å²) < 4.78 is 15.2. The fourth-order valence-electron chi connectivity index (χ4n) is 2.67. The Morgan fingerprint density at radius 3 is 2.71 bits per heavy atom. The van der Waals surface area contributed by atoms with Crippen LogP contribution in [0, 0.1) is 5.82 Å². The number of hydrogen-bond acceptors (Lipinski definition) is 1. The quantitative estimate of drug-likeness (QED) is 0.656. The maximum atomic E-state index is 13.2. The van der Waals surface area contributed by atoms with Gasteiger partial charge in [0.15, 0.2) is 5.78 Å². The van der Waals surface area contributed by atoms with Crippen LogP contribution in [0.25, 0.3) is 10.9 Å². The summed E-state index contributed by atoms with van der Waals surface area (Å²) in [5.74, 6) is -0.467. The molecule has 0 bridgehead atoms. The van der Waals surface area contributed by atoms with Crippen LogP contribution in [0.4, 0.5) is 4.39 Å². The van der Waals surface area contributed by atoms with Crippen molar-refractivity contribution in [3.8, 4) is 0 Å². The zero-order valence-corrected chi connectivity index (χ0v) is 11.8. The Morgan fingerprint density at radius 2 is 1.95 bits per heavy atom. The van der Waals surface area contributed by atoms with Crippen LogP contribution in [0.5, 0.6) is 0 Å². The number of carbonyl (C=O) groups excluding carboxylic acids is 1.